The van der Waals surface area contributed by atoms with Crippen LogP contribution in [-0.4, -0.2) is 31.2 Å². The SMILES string of the molecule is CCOc1ccc2ccccc2c1C(=O)NCC(=O)N/N=C/c1csc2ccccc12. The van der Waals surface area contributed by atoms with E-state index in [1.165, 1.54) is 0 Å². The number of fused-ring (bicyclic) bond motifs is 2. The Hall–Kier alpha value is -3.71. The molecule has 6 nitrogen and oxygen atoms in total. The third-order valence-electron chi connectivity index (χ3n) is 4.73. The summed E-state index contributed by atoms with van der Waals surface area (Å²) in [5.74, 6) is -0.299. The van der Waals surface area contributed by atoms with E-state index in [0.29, 0.717) is 17.9 Å². The highest BCUT2D eigenvalue weighted by Crippen LogP contribution is 2.28. The molecule has 1 heterocycles. The first-order valence-electron chi connectivity index (χ1n) is 9.88. The molecule has 0 radical (unpaired) electrons. The van der Waals surface area contributed by atoms with Crippen LogP contribution in [0, 0.1) is 0 Å². The average molecular weight is 432 g/mol. The summed E-state index contributed by atoms with van der Waals surface area (Å²) in [5, 5.41) is 11.4. The Labute approximate surface area is 183 Å². The number of nitrogens with zero attached hydrogens (tertiary/aromatic N) is 1. The van der Waals surface area contributed by atoms with Gasteiger partial charge >= 0.3 is 0 Å². The molecule has 0 aliphatic rings. The molecule has 2 amide bonds. The number of hydrazone groups is 1. The molecule has 4 rings (SSSR count). The predicted octanol–water partition coefficient (Wildman–Crippen LogP) is 4.33. The number of carbonyl (C=O) groups is 2. The molecule has 4 aromatic rings. The molecule has 2 N–H and O–H groups in total. The van der Waals surface area contributed by atoms with Gasteiger partial charge in [0.25, 0.3) is 11.8 Å². The van der Waals surface area contributed by atoms with Gasteiger partial charge in [0.15, 0.2) is 0 Å². The van der Waals surface area contributed by atoms with Gasteiger partial charge < -0.3 is 10.1 Å². The summed E-state index contributed by atoms with van der Waals surface area (Å²) in [7, 11) is 0. The summed E-state index contributed by atoms with van der Waals surface area (Å²) >= 11 is 1.62. The molecule has 0 spiro atoms. The summed E-state index contributed by atoms with van der Waals surface area (Å²) in [4.78, 5) is 25.0. The maximum absolute atomic E-state index is 12.9. The van der Waals surface area contributed by atoms with Crippen molar-refractivity contribution in [1.82, 2.24) is 10.7 Å². The van der Waals surface area contributed by atoms with Crippen LogP contribution in [0.4, 0.5) is 0 Å². The lowest BCUT2D eigenvalue weighted by atomic mass is 10.0. The van der Waals surface area contributed by atoms with E-state index < -0.39 is 5.91 Å². The van der Waals surface area contributed by atoms with Crippen molar-refractivity contribution in [2.75, 3.05) is 13.2 Å². The molecule has 156 valence electrons. The van der Waals surface area contributed by atoms with Crippen LogP contribution in [0.1, 0.15) is 22.8 Å². The van der Waals surface area contributed by atoms with Crippen LogP contribution in [0.5, 0.6) is 5.75 Å². The molecule has 0 bridgehead atoms. The lowest BCUT2D eigenvalue weighted by Gasteiger charge is -2.13. The molecular formula is C24H21N3O3S. The second kappa shape index (κ2) is 9.40. The first-order valence-corrected chi connectivity index (χ1v) is 10.8. The molecule has 0 fully saturated rings. The summed E-state index contributed by atoms with van der Waals surface area (Å²) in [6.45, 7) is 2.10. The molecule has 0 saturated heterocycles. The second-order valence-corrected chi connectivity index (χ2v) is 7.67. The maximum atomic E-state index is 12.9. The fourth-order valence-electron chi connectivity index (χ4n) is 3.32. The molecule has 31 heavy (non-hydrogen) atoms. The Balaban J connectivity index is 1.42. The molecule has 1 aromatic heterocycles. The third-order valence-corrected chi connectivity index (χ3v) is 5.71. The summed E-state index contributed by atoms with van der Waals surface area (Å²) < 4.78 is 6.79. The topological polar surface area (TPSA) is 79.8 Å². The van der Waals surface area contributed by atoms with Gasteiger partial charge in [-0.1, -0.05) is 48.5 Å². The highest BCUT2D eigenvalue weighted by Gasteiger charge is 2.17. The van der Waals surface area contributed by atoms with E-state index >= 15 is 0 Å². The number of carbonyl (C=O) groups excluding carboxylic acids is 2. The van der Waals surface area contributed by atoms with Gasteiger partial charge in [-0.25, -0.2) is 5.43 Å². The molecule has 0 atom stereocenters. The van der Waals surface area contributed by atoms with E-state index in [4.69, 9.17) is 4.74 Å². The van der Waals surface area contributed by atoms with Crippen LogP contribution in [-0.2, 0) is 4.79 Å². The van der Waals surface area contributed by atoms with Crippen molar-refractivity contribution in [2.45, 2.75) is 6.92 Å². The van der Waals surface area contributed by atoms with Crippen molar-refractivity contribution in [2.24, 2.45) is 5.10 Å². The molecule has 0 aliphatic heterocycles. The first kappa shape index (κ1) is 20.6. The summed E-state index contributed by atoms with van der Waals surface area (Å²) in [5.41, 5.74) is 3.81. The molecule has 3 aromatic carbocycles. The fraction of sp³-hybridized carbons (Fsp3) is 0.125. The molecular weight excluding hydrogens is 410 g/mol. The summed E-state index contributed by atoms with van der Waals surface area (Å²) in [6.07, 6.45) is 1.61. The lowest BCUT2D eigenvalue weighted by molar-refractivity contribution is -0.120. The normalized spacial score (nSPS) is 11.1. The maximum Gasteiger partial charge on any atom is 0.259 e. The quantitative estimate of drug-likeness (QED) is 0.338. The number of nitrogens with one attached hydrogen (secondary N) is 2. The molecule has 0 aliphatic carbocycles. The molecule has 7 heteroatoms. The van der Waals surface area contributed by atoms with Crippen LogP contribution in [0.25, 0.3) is 20.9 Å². The number of benzene rings is 3. The van der Waals surface area contributed by atoms with E-state index in [1.54, 1.807) is 23.6 Å². The van der Waals surface area contributed by atoms with Gasteiger partial charge in [0.2, 0.25) is 0 Å². The van der Waals surface area contributed by atoms with Gasteiger partial charge in [-0.3, -0.25) is 9.59 Å². The van der Waals surface area contributed by atoms with Crippen LogP contribution in [0.3, 0.4) is 0 Å². The Morgan fingerprint density at radius 2 is 1.81 bits per heavy atom. The van der Waals surface area contributed by atoms with E-state index in [2.05, 4.69) is 15.8 Å². The monoisotopic (exact) mass is 431 g/mol. The van der Waals surface area contributed by atoms with Crippen molar-refractivity contribution in [1.29, 1.82) is 0 Å². The standard InChI is InChI=1S/C24H21N3O3S/c1-2-30-20-12-11-16-7-3-4-9-19(16)23(20)24(29)25-14-22(28)27-26-13-17-15-31-21-10-6-5-8-18(17)21/h3-13,15H,2,14H2,1H3,(H,25,29)(H,27,28)/b26-13+. The highest BCUT2D eigenvalue weighted by molar-refractivity contribution is 7.17. The molecule has 0 unspecified atom stereocenters. The second-order valence-electron chi connectivity index (χ2n) is 6.76. The zero-order valence-electron chi connectivity index (χ0n) is 16.9. The van der Waals surface area contributed by atoms with Gasteiger partial charge in [-0.2, -0.15) is 5.10 Å². The minimum Gasteiger partial charge on any atom is -0.493 e. The van der Waals surface area contributed by atoms with Gasteiger partial charge in [-0.05, 0) is 29.8 Å². The van der Waals surface area contributed by atoms with Crippen molar-refractivity contribution in [3.05, 3.63) is 77.2 Å². The largest absolute Gasteiger partial charge is 0.493 e. The van der Waals surface area contributed by atoms with Crippen molar-refractivity contribution in [3.63, 3.8) is 0 Å². The fourth-order valence-corrected chi connectivity index (χ4v) is 4.23. The highest BCUT2D eigenvalue weighted by atomic mass is 32.1. The number of amides is 2. The Morgan fingerprint density at radius 3 is 2.65 bits per heavy atom. The number of rotatable bonds is 7. The summed E-state index contributed by atoms with van der Waals surface area (Å²) in [6, 6.07) is 19.2. The number of hydrogen-bond acceptors (Lipinski definition) is 5. The van der Waals surface area contributed by atoms with E-state index in [1.807, 2.05) is 66.9 Å². The van der Waals surface area contributed by atoms with Crippen LogP contribution in [0.15, 0.2) is 71.1 Å². The van der Waals surface area contributed by atoms with E-state index in [-0.39, 0.29) is 12.5 Å². The van der Waals surface area contributed by atoms with Crippen molar-refractivity contribution < 1.29 is 14.3 Å². The van der Waals surface area contributed by atoms with E-state index in [0.717, 1.165) is 26.4 Å². The zero-order valence-corrected chi connectivity index (χ0v) is 17.7. The smallest absolute Gasteiger partial charge is 0.259 e. The minimum absolute atomic E-state index is 0.199. The number of hydrogen-bond donors (Lipinski definition) is 2. The number of thiophene rings is 1. The lowest BCUT2D eigenvalue weighted by Crippen LogP contribution is -2.35. The predicted molar refractivity (Wildman–Crippen MR) is 125 cm³/mol. The minimum atomic E-state index is -0.415. The van der Waals surface area contributed by atoms with Crippen LogP contribution >= 0.6 is 11.3 Å². The Bertz CT molecular complexity index is 1280. The van der Waals surface area contributed by atoms with Gasteiger partial charge in [-0.15, -0.1) is 11.3 Å². The van der Waals surface area contributed by atoms with Crippen molar-refractivity contribution >= 4 is 50.2 Å². The van der Waals surface area contributed by atoms with Crippen molar-refractivity contribution in [3.8, 4) is 5.75 Å². The third kappa shape index (κ3) is 4.57. The number of ether oxygens (including phenoxy) is 1. The van der Waals surface area contributed by atoms with Gasteiger partial charge in [0.05, 0.1) is 24.9 Å². The van der Waals surface area contributed by atoms with Gasteiger partial charge in [0.1, 0.15) is 5.75 Å². The first-order chi connectivity index (χ1) is 15.2. The molecule has 0 saturated carbocycles. The average Bonchev–Trinajstić information content (AvgIpc) is 3.20. The zero-order chi connectivity index (χ0) is 21.6. The Morgan fingerprint density at radius 1 is 1.03 bits per heavy atom. The van der Waals surface area contributed by atoms with Crippen LogP contribution < -0.4 is 15.5 Å². The van der Waals surface area contributed by atoms with E-state index in [9.17, 15) is 9.59 Å². The Kier molecular flexibility index (Phi) is 6.24. The van der Waals surface area contributed by atoms with Crippen LogP contribution in [0.2, 0.25) is 0 Å². The van der Waals surface area contributed by atoms with Gasteiger partial charge in [0, 0.05) is 21.0 Å².